The zero-order chi connectivity index (χ0) is 15.4. The van der Waals surface area contributed by atoms with E-state index in [1.807, 2.05) is 0 Å². The Balaban J connectivity index is 2.29. The van der Waals surface area contributed by atoms with E-state index in [0.29, 0.717) is 18.0 Å². The third kappa shape index (κ3) is 3.67. The van der Waals surface area contributed by atoms with Gasteiger partial charge in [-0.15, -0.1) is 0 Å². The second kappa shape index (κ2) is 7.42. The van der Waals surface area contributed by atoms with E-state index in [-0.39, 0.29) is 0 Å². The lowest BCUT2D eigenvalue weighted by Crippen LogP contribution is -2.50. The summed E-state index contributed by atoms with van der Waals surface area (Å²) in [7, 11) is 2.10. The van der Waals surface area contributed by atoms with E-state index in [0.717, 1.165) is 12.0 Å². The Hall–Kier alpha value is -0.860. The van der Waals surface area contributed by atoms with Crippen LogP contribution in [0.25, 0.3) is 0 Å². The monoisotopic (exact) mass is 288 g/mol. The molecule has 1 aliphatic heterocycles. The van der Waals surface area contributed by atoms with E-state index >= 15 is 0 Å². The maximum absolute atomic E-state index is 3.59. The van der Waals surface area contributed by atoms with Crippen molar-refractivity contribution in [2.75, 3.05) is 13.6 Å². The van der Waals surface area contributed by atoms with Crippen molar-refractivity contribution in [2.45, 2.75) is 58.7 Å². The quantitative estimate of drug-likeness (QED) is 0.848. The SMILES string of the molecule is CNC(c1ccccc1)C(C(C)C)N1CCCC1C(C)C. The molecule has 0 bridgehead atoms. The molecule has 2 rings (SSSR count). The first-order valence-corrected chi connectivity index (χ1v) is 8.54. The number of hydrogen-bond acceptors (Lipinski definition) is 2. The molecular formula is C19H32N2. The van der Waals surface area contributed by atoms with Crippen LogP contribution in [-0.4, -0.2) is 30.6 Å². The van der Waals surface area contributed by atoms with Crippen molar-refractivity contribution in [3.8, 4) is 0 Å². The number of likely N-dealkylation sites (tertiary alicyclic amines) is 1. The summed E-state index contributed by atoms with van der Waals surface area (Å²) in [5.74, 6) is 1.38. The van der Waals surface area contributed by atoms with Crippen LogP contribution in [0.1, 0.15) is 52.1 Å². The molecule has 3 unspecified atom stereocenters. The van der Waals surface area contributed by atoms with Gasteiger partial charge in [-0.05, 0) is 43.8 Å². The highest BCUT2D eigenvalue weighted by Crippen LogP contribution is 2.34. The highest BCUT2D eigenvalue weighted by Gasteiger charge is 2.38. The fourth-order valence-electron chi connectivity index (χ4n) is 4.06. The molecule has 118 valence electrons. The van der Waals surface area contributed by atoms with Crippen molar-refractivity contribution >= 4 is 0 Å². The topological polar surface area (TPSA) is 15.3 Å². The van der Waals surface area contributed by atoms with E-state index in [9.17, 15) is 0 Å². The van der Waals surface area contributed by atoms with Crippen molar-refractivity contribution in [3.05, 3.63) is 35.9 Å². The first-order chi connectivity index (χ1) is 10.1. The van der Waals surface area contributed by atoms with Crippen LogP contribution in [0.4, 0.5) is 0 Å². The third-order valence-corrected chi connectivity index (χ3v) is 4.99. The smallest absolute Gasteiger partial charge is 0.0478 e. The summed E-state index contributed by atoms with van der Waals surface area (Å²) in [5.41, 5.74) is 1.41. The molecule has 2 nitrogen and oxygen atoms in total. The largest absolute Gasteiger partial charge is 0.312 e. The van der Waals surface area contributed by atoms with E-state index in [1.54, 1.807) is 0 Å². The van der Waals surface area contributed by atoms with Gasteiger partial charge in [0, 0.05) is 18.1 Å². The molecule has 1 saturated heterocycles. The van der Waals surface area contributed by atoms with Gasteiger partial charge in [0.05, 0.1) is 0 Å². The summed E-state index contributed by atoms with van der Waals surface area (Å²) in [4.78, 5) is 2.78. The lowest BCUT2D eigenvalue weighted by Gasteiger charge is -2.42. The van der Waals surface area contributed by atoms with Crippen LogP contribution in [0.3, 0.4) is 0 Å². The zero-order valence-corrected chi connectivity index (χ0v) is 14.3. The molecule has 1 aromatic rings. The van der Waals surface area contributed by atoms with Crippen molar-refractivity contribution in [1.82, 2.24) is 10.2 Å². The van der Waals surface area contributed by atoms with Crippen LogP contribution >= 0.6 is 0 Å². The molecule has 2 heteroatoms. The summed E-state index contributed by atoms with van der Waals surface area (Å²) >= 11 is 0. The van der Waals surface area contributed by atoms with Crippen LogP contribution in [0, 0.1) is 11.8 Å². The molecule has 21 heavy (non-hydrogen) atoms. The van der Waals surface area contributed by atoms with Gasteiger partial charge in [-0.1, -0.05) is 58.0 Å². The normalized spacial score (nSPS) is 22.9. The number of hydrogen-bond donors (Lipinski definition) is 1. The maximum Gasteiger partial charge on any atom is 0.0478 e. The fourth-order valence-corrected chi connectivity index (χ4v) is 4.06. The zero-order valence-electron chi connectivity index (χ0n) is 14.3. The number of nitrogens with one attached hydrogen (secondary N) is 1. The molecule has 1 heterocycles. The van der Waals surface area contributed by atoms with E-state index < -0.39 is 0 Å². The summed E-state index contributed by atoms with van der Waals surface area (Å²) < 4.78 is 0. The summed E-state index contributed by atoms with van der Waals surface area (Å²) in [6.45, 7) is 10.7. The first kappa shape index (κ1) is 16.5. The van der Waals surface area contributed by atoms with Crippen molar-refractivity contribution < 1.29 is 0 Å². The Kier molecular flexibility index (Phi) is 5.83. The van der Waals surface area contributed by atoms with Crippen LogP contribution in [0.2, 0.25) is 0 Å². The first-order valence-electron chi connectivity index (χ1n) is 8.54. The highest BCUT2D eigenvalue weighted by molar-refractivity contribution is 5.21. The van der Waals surface area contributed by atoms with Crippen LogP contribution in [0.5, 0.6) is 0 Å². The molecule has 0 aromatic heterocycles. The van der Waals surface area contributed by atoms with Crippen molar-refractivity contribution in [1.29, 1.82) is 0 Å². The Morgan fingerprint density at radius 3 is 2.29 bits per heavy atom. The van der Waals surface area contributed by atoms with Gasteiger partial charge in [-0.2, -0.15) is 0 Å². The molecule has 1 aliphatic rings. The molecule has 0 spiro atoms. The van der Waals surface area contributed by atoms with Crippen LogP contribution in [-0.2, 0) is 0 Å². The average molecular weight is 288 g/mol. The Morgan fingerprint density at radius 1 is 1.10 bits per heavy atom. The Labute approximate surface area is 130 Å². The standard InChI is InChI=1S/C19H32N2/c1-14(2)17-12-9-13-21(17)19(15(3)4)18(20-5)16-10-7-6-8-11-16/h6-8,10-11,14-15,17-20H,9,12-13H2,1-5H3. The number of likely N-dealkylation sites (N-methyl/N-ethyl adjacent to an activating group) is 1. The Bertz CT molecular complexity index is 413. The number of rotatable bonds is 6. The molecule has 1 N–H and O–H groups in total. The van der Waals surface area contributed by atoms with Gasteiger partial charge in [0.1, 0.15) is 0 Å². The van der Waals surface area contributed by atoms with Gasteiger partial charge < -0.3 is 5.32 Å². The predicted molar refractivity (Wildman–Crippen MR) is 91.4 cm³/mol. The van der Waals surface area contributed by atoms with E-state index in [4.69, 9.17) is 0 Å². The molecular weight excluding hydrogens is 256 g/mol. The molecule has 1 aromatic carbocycles. The highest BCUT2D eigenvalue weighted by atomic mass is 15.2. The fraction of sp³-hybridized carbons (Fsp3) is 0.684. The van der Waals surface area contributed by atoms with Gasteiger partial charge in [0.25, 0.3) is 0 Å². The van der Waals surface area contributed by atoms with Gasteiger partial charge in [0.15, 0.2) is 0 Å². The van der Waals surface area contributed by atoms with Gasteiger partial charge in [0.2, 0.25) is 0 Å². The molecule has 0 radical (unpaired) electrons. The summed E-state index contributed by atoms with van der Waals surface area (Å²) in [6, 6.07) is 12.6. The predicted octanol–water partition coefficient (Wildman–Crippen LogP) is 4.09. The minimum atomic E-state index is 0.408. The number of nitrogens with zero attached hydrogens (tertiary/aromatic N) is 1. The lowest BCUT2D eigenvalue weighted by atomic mass is 9.88. The van der Waals surface area contributed by atoms with E-state index in [2.05, 4.69) is 75.3 Å². The second-order valence-electron chi connectivity index (χ2n) is 7.10. The van der Waals surface area contributed by atoms with Crippen molar-refractivity contribution in [2.24, 2.45) is 11.8 Å². The van der Waals surface area contributed by atoms with Gasteiger partial charge in [-0.3, -0.25) is 4.90 Å². The second-order valence-corrected chi connectivity index (χ2v) is 7.10. The minimum absolute atomic E-state index is 0.408. The number of benzene rings is 1. The summed E-state index contributed by atoms with van der Waals surface area (Å²) in [6.07, 6.45) is 2.70. The summed E-state index contributed by atoms with van der Waals surface area (Å²) in [5, 5.41) is 3.59. The molecule has 0 saturated carbocycles. The molecule has 1 fully saturated rings. The maximum atomic E-state index is 3.59. The average Bonchev–Trinajstić information content (AvgIpc) is 2.94. The Morgan fingerprint density at radius 2 is 1.76 bits per heavy atom. The van der Waals surface area contributed by atoms with Crippen LogP contribution < -0.4 is 5.32 Å². The van der Waals surface area contributed by atoms with Crippen molar-refractivity contribution in [3.63, 3.8) is 0 Å². The lowest BCUT2D eigenvalue weighted by molar-refractivity contribution is 0.0856. The third-order valence-electron chi connectivity index (χ3n) is 4.99. The molecule has 3 atom stereocenters. The molecule has 0 amide bonds. The molecule has 0 aliphatic carbocycles. The van der Waals surface area contributed by atoms with Gasteiger partial charge >= 0.3 is 0 Å². The van der Waals surface area contributed by atoms with Gasteiger partial charge in [-0.25, -0.2) is 0 Å². The van der Waals surface area contributed by atoms with E-state index in [1.165, 1.54) is 24.9 Å². The minimum Gasteiger partial charge on any atom is -0.312 e. The van der Waals surface area contributed by atoms with Crippen LogP contribution in [0.15, 0.2) is 30.3 Å².